The SMILES string of the molecule is COc1ccc2c(c1)CCOC21CCN(CC(=O)NCC2CCCO2)CC1. The predicted molar refractivity (Wildman–Crippen MR) is 102 cm³/mol. The third-order valence-electron chi connectivity index (χ3n) is 6.13. The van der Waals surface area contributed by atoms with E-state index in [0.717, 1.165) is 64.2 Å². The number of rotatable bonds is 5. The fourth-order valence-electron chi connectivity index (χ4n) is 4.56. The maximum Gasteiger partial charge on any atom is 0.234 e. The summed E-state index contributed by atoms with van der Waals surface area (Å²) in [7, 11) is 1.71. The zero-order valence-electron chi connectivity index (χ0n) is 16.2. The molecule has 0 saturated carbocycles. The number of fused-ring (bicyclic) bond motifs is 2. The number of methoxy groups -OCH3 is 1. The molecule has 1 spiro atoms. The lowest BCUT2D eigenvalue weighted by molar-refractivity contribution is -0.126. The van der Waals surface area contributed by atoms with Crippen molar-refractivity contribution in [1.29, 1.82) is 0 Å². The molecule has 1 unspecified atom stereocenters. The number of benzene rings is 1. The Labute approximate surface area is 161 Å². The number of carbonyl (C=O) groups excluding carboxylic acids is 1. The molecule has 1 amide bonds. The molecule has 6 nitrogen and oxygen atoms in total. The van der Waals surface area contributed by atoms with Crippen LogP contribution in [0.5, 0.6) is 5.75 Å². The lowest BCUT2D eigenvalue weighted by atomic mass is 9.79. The number of nitrogens with one attached hydrogen (secondary N) is 1. The van der Waals surface area contributed by atoms with Gasteiger partial charge in [-0.15, -0.1) is 0 Å². The van der Waals surface area contributed by atoms with Crippen molar-refractivity contribution >= 4 is 5.91 Å². The van der Waals surface area contributed by atoms with Crippen LogP contribution >= 0.6 is 0 Å². The number of hydrogen-bond donors (Lipinski definition) is 1. The van der Waals surface area contributed by atoms with Gasteiger partial charge in [0.25, 0.3) is 0 Å². The van der Waals surface area contributed by atoms with Crippen LogP contribution in [-0.4, -0.2) is 63.4 Å². The minimum Gasteiger partial charge on any atom is -0.497 e. The van der Waals surface area contributed by atoms with E-state index in [2.05, 4.69) is 22.3 Å². The summed E-state index contributed by atoms with van der Waals surface area (Å²) in [4.78, 5) is 14.5. The Morgan fingerprint density at radius 2 is 2.19 bits per heavy atom. The van der Waals surface area contributed by atoms with Crippen LogP contribution in [0.15, 0.2) is 18.2 Å². The molecule has 3 aliphatic heterocycles. The summed E-state index contributed by atoms with van der Waals surface area (Å²) in [5.41, 5.74) is 2.44. The van der Waals surface area contributed by atoms with Gasteiger partial charge in [0.2, 0.25) is 5.91 Å². The number of amides is 1. The normalized spacial score (nSPS) is 24.6. The highest BCUT2D eigenvalue weighted by Crippen LogP contribution is 2.42. The van der Waals surface area contributed by atoms with Crippen LogP contribution in [0.25, 0.3) is 0 Å². The molecule has 0 radical (unpaired) electrons. The highest BCUT2D eigenvalue weighted by molar-refractivity contribution is 5.78. The number of ether oxygens (including phenoxy) is 3. The second kappa shape index (κ2) is 8.17. The second-order valence-corrected chi connectivity index (χ2v) is 7.83. The van der Waals surface area contributed by atoms with Crippen LogP contribution in [0.2, 0.25) is 0 Å². The quantitative estimate of drug-likeness (QED) is 0.852. The predicted octanol–water partition coefficient (Wildman–Crippen LogP) is 1.85. The molecule has 3 aliphatic rings. The van der Waals surface area contributed by atoms with Crippen LogP contribution in [0, 0.1) is 0 Å². The minimum absolute atomic E-state index is 0.0937. The zero-order valence-corrected chi connectivity index (χ0v) is 16.2. The lowest BCUT2D eigenvalue weighted by Crippen LogP contribution is -2.49. The third-order valence-corrected chi connectivity index (χ3v) is 6.13. The minimum atomic E-state index is -0.204. The molecule has 4 rings (SSSR count). The zero-order chi connectivity index (χ0) is 18.7. The first-order valence-electron chi connectivity index (χ1n) is 10.1. The van der Waals surface area contributed by atoms with Gasteiger partial charge in [-0.25, -0.2) is 0 Å². The Morgan fingerprint density at radius 1 is 1.33 bits per heavy atom. The summed E-state index contributed by atoms with van der Waals surface area (Å²) in [5.74, 6) is 1.00. The smallest absolute Gasteiger partial charge is 0.234 e. The molecule has 1 aromatic carbocycles. The van der Waals surface area contributed by atoms with Crippen molar-refractivity contribution in [2.24, 2.45) is 0 Å². The van der Waals surface area contributed by atoms with Crippen molar-refractivity contribution in [1.82, 2.24) is 10.2 Å². The first-order chi connectivity index (χ1) is 13.2. The second-order valence-electron chi connectivity index (χ2n) is 7.83. The number of piperidine rings is 1. The van der Waals surface area contributed by atoms with Crippen molar-refractivity contribution < 1.29 is 19.0 Å². The number of hydrogen-bond acceptors (Lipinski definition) is 5. The Bertz CT molecular complexity index is 664. The summed E-state index contributed by atoms with van der Waals surface area (Å²) in [6, 6.07) is 6.34. The van der Waals surface area contributed by atoms with Gasteiger partial charge in [-0.05, 0) is 55.4 Å². The first kappa shape index (κ1) is 18.7. The van der Waals surface area contributed by atoms with Gasteiger partial charge in [0.15, 0.2) is 0 Å². The van der Waals surface area contributed by atoms with Crippen molar-refractivity contribution in [2.45, 2.75) is 43.8 Å². The molecule has 27 heavy (non-hydrogen) atoms. The Balaban J connectivity index is 1.32. The molecule has 1 aromatic rings. The maximum absolute atomic E-state index is 12.3. The van der Waals surface area contributed by atoms with Crippen LogP contribution in [0.3, 0.4) is 0 Å². The van der Waals surface area contributed by atoms with E-state index >= 15 is 0 Å². The molecule has 0 aliphatic carbocycles. The standard InChI is InChI=1S/C21H30N2O4/c1-25-17-4-5-19-16(13-17)6-12-27-21(19)7-9-23(10-8-21)15-20(24)22-14-18-3-2-11-26-18/h4-5,13,18H,2-3,6-12,14-15H2,1H3,(H,22,24). The molecule has 148 valence electrons. The summed E-state index contributed by atoms with van der Waals surface area (Å²) >= 11 is 0. The summed E-state index contributed by atoms with van der Waals surface area (Å²) in [6.45, 7) is 4.41. The molecular weight excluding hydrogens is 344 g/mol. The summed E-state index contributed by atoms with van der Waals surface area (Å²) < 4.78 is 17.2. The highest BCUT2D eigenvalue weighted by Gasteiger charge is 2.41. The van der Waals surface area contributed by atoms with E-state index in [-0.39, 0.29) is 17.6 Å². The van der Waals surface area contributed by atoms with E-state index in [1.54, 1.807) is 7.11 Å². The van der Waals surface area contributed by atoms with E-state index in [4.69, 9.17) is 14.2 Å². The van der Waals surface area contributed by atoms with Gasteiger partial charge in [-0.2, -0.15) is 0 Å². The van der Waals surface area contributed by atoms with Gasteiger partial charge in [-0.1, -0.05) is 6.07 Å². The van der Waals surface area contributed by atoms with E-state index in [9.17, 15) is 4.79 Å². The highest BCUT2D eigenvalue weighted by atomic mass is 16.5. The van der Waals surface area contributed by atoms with Gasteiger partial charge in [0, 0.05) is 26.2 Å². The Morgan fingerprint density at radius 3 is 2.93 bits per heavy atom. The molecule has 3 heterocycles. The van der Waals surface area contributed by atoms with E-state index in [1.165, 1.54) is 11.1 Å². The van der Waals surface area contributed by atoms with Gasteiger partial charge < -0.3 is 19.5 Å². The van der Waals surface area contributed by atoms with Crippen molar-refractivity contribution in [3.05, 3.63) is 29.3 Å². The first-order valence-corrected chi connectivity index (χ1v) is 10.1. The van der Waals surface area contributed by atoms with Gasteiger partial charge >= 0.3 is 0 Å². The molecular formula is C21H30N2O4. The molecule has 6 heteroatoms. The van der Waals surface area contributed by atoms with E-state index < -0.39 is 0 Å². The third kappa shape index (κ3) is 4.13. The van der Waals surface area contributed by atoms with Crippen LogP contribution in [-0.2, 0) is 26.3 Å². The molecule has 1 atom stereocenters. The van der Waals surface area contributed by atoms with Crippen LogP contribution < -0.4 is 10.1 Å². The average Bonchev–Trinajstić information content (AvgIpc) is 3.22. The molecule has 2 fully saturated rings. The van der Waals surface area contributed by atoms with Crippen molar-refractivity contribution in [2.75, 3.05) is 46.5 Å². The van der Waals surface area contributed by atoms with Crippen LogP contribution in [0.4, 0.5) is 0 Å². The van der Waals surface area contributed by atoms with Crippen LogP contribution in [0.1, 0.15) is 36.8 Å². The van der Waals surface area contributed by atoms with Crippen molar-refractivity contribution in [3.8, 4) is 5.75 Å². The van der Waals surface area contributed by atoms with Crippen molar-refractivity contribution in [3.63, 3.8) is 0 Å². The fourth-order valence-corrected chi connectivity index (χ4v) is 4.56. The topological polar surface area (TPSA) is 60.0 Å². The summed E-state index contributed by atoms with van der Waals surface area (Å²) in [5, 5.41) is 3.02. The average molecular weight is 374 g/mol. The monoisotopic (exact) mass is 374 g/mol. The van der Waals surface area contributed by atoms with Gasteiger partial charge in [-0.3, -0.25) is 9.69 Å². The van der Waals surface area contributed by atoms with Gasteiger partial charge in [0.05, 0.1) is 32.0 Å². The van der Waals surface area contributed by atoms with E-state index in [0.29, 0.717) is 13.1 Å². The molecule has 2 saturated heterocycles. The number of nitrogens with zero attached hydrogens (tertiary/aromatic N) is 1. The van der Waals surface area contributed by atoms with Gasteiger partial charge in [0.1, 0.15) is 5.75 Å². The van der Waals surface area contributed by atoms with E-state index in [1.807, 2.05) is 6.07 Å². The lowest BCUT2D eigenvalue weighted by Gasteiger charge is -2.45. The largest absolute Gasteiger partial charge is 0.497 e. The fraction of sp³-hybridized carbons (Fsp3) is 0.667. The Hall–Kier alpha value is -1.63. The Kier molecular flexibility index (Phi) is 5.66. The number of carbonyl (C=O) groups is 1. The molecule has 1 N–H and O–H groups in total. The maximum atomic E-state index is 12.3. The summed E-state index contributed by atoms with van der Waals surface area (Å²) in [6.07, 6.45) is 5.12. The number of likely N-dealkylation sites (tertiary alicyclic amines) is 1. The molecule has 0 bridgehead atoms. The molecule has 0 aromatic heterocycles.